The average Bonchev–Trinajstić information content (AvgIpc) is 3.09. The van der Waals surface area contributed by atoms with Crippen molar-refractivity contribution >= 4 is 11.8 Å². The van der Waals surface area contributed by atoms with E-state index in [1.807, 2.05) is 13.8 Å². The first-order chi connectivity index (χ1) is 8.86. The Kier molecular flexibility index (Phi) is 4.46. The summed E-state index contributed by atoms with van der Waals surface area (Å²) < 4.78 is 39.2. The summed E-state index contributed by atoms with van der Waals surface area (Å²) in [5, 5.41) is 3.37. The van der Waals surface area contributed by atoms with Crippen LogP contribution in [0.15, 0.2) is 23.1 Å². The lowest BCUT2D eigenvalue weighted by Crippen LogP contribution is -2.16. The van der Waals surface area contributed by atoms with E-state index in [0.717, 1.165) is 12.8 Å². The highest BCUT2D eigenvalue weighted by Gasteiger charge is 2.34. The number of benzene rings is 1. The molecule has 2 rings (SSSR count). The summed E-state index contributed by atoms with van der Waals surface area (Å²) in [6.07, 6.45) is -2.02. The van der Waals surface area contributed by atoms with Crippen LogP contribution in [0, 0.1) is 0 Å². The van der Waals surface area contributed by atoms with E-state index in [4.69, 9.17) is 0 Å². The van der Waals surface area contributed by atoms with E-state index >= 15 is 0 Å². The third kappa shape index (κ3) is 4.42. The van der Waals surface area contributed by atoms with Gasteiger partial charge in [0, 0.05) is 22.7 Å². The maximum atomic E-state index is 13.1. The fourth-order valence-electron chi connectivity index (χ4n) is 1.81. The first kappa shape index (κ1) is 14.7. The summed E-state index contributed by atoms with van der Waals surface area (Å²) in [7, 11) is 0. The lowest BCUT2D eigenvalue weighted by molar-refractivity contribution is -0.139. The van der Waals surface area contributed by atoms with Crippen molar-refractivity contribution in [1.29, 1.82) is 0 Å². The van der Waals surface area contributed by atoms with Gasteiger partial charge in [-0.3, -0.25) is 0 Å². The van der Waals surface area contributed by atoms with E-state index in [0.29, 0.717) is 23.0 Å². The Morgan fingerprint density at radius 2 is 2.00 bits per heavy atom. The summed E-state index contributed by atoms with van der Waals surface area (Å²) >= 11 is 1.26. The van der Waals surface area contributed by atoms with Crippen LogP contribution in [0.4, 0.5) is 13.2 Å². The van der Waals surface area contributed by atoms with Crippen LogP contribution in [-0.2, 0) is 12.7 Å². The highest BCUT2D eigenvalue weighted by Crippen LogP contribution is 2.38. The molecule has 0 atom stereocenters. The number of nitrogens with one attached hydrogen (secondary N) is 1. The molecule has 5 heteroatoms. The largest absolute Gasteiger partial charge is 0.417 e. The normalized spacial score (nSPS) is 16.1. The lowest BCUT2D eigenvalue weighted by atomic mass is 10.1. The average molecular weight is 289 g/mol. The Labute approximate surface area is 116 Å². The second kappa shape index (κ2) is 5.75. The van der Waals surface area contributed by atoms with Gasteiger partial charge in [-0.1, -0.05) is 19.9 Å². The number of hydrogen-bond acceptors (Lipinski definition) is 2. The monoisotopic (exact) mass is 289 g/mol. The fraction of sp³-hybridized carbons (Fsp3) is 0.571. The fourth-order valence-corrected chi connectivity index (χ4v) is 2.77. The summed E-state index contributed by atoms with van der Waals surface area (Å²) in [6, 6.07) is 5.16. The molecule has 1 aliphatic rings. The summed E-state index contributed by atoms with van der Waals surface area (Å²) in [6.45, 7) is 4.31. The third-order valence-electron chi connectivity index (χ3n) is 2.88. The van der Waals surface area contributed by atoms with Crippen LogP contribution in [-0.4, -0.2) is 11.3 Å². The van der Waals surface area contributed by atoms with E-state index in [1.165, 1.54) is 17.8 Å². The second-order valence-corrected chi connectivity index (χ2v) is 6.77. The van der Waals surface area contributed by atoms with Crippen molar-refractivity contribution in [2.75, 3.05) is 0 Å². The zero-order valence-corrected chi connectivity index (χ0v) is 11.9. The van der Waals surface area contributed by atoms with Crippen molar-refractivity contribution in [2.45, 2.75) is 55.6 Å². The van der Waals surface area contributed by atoms with Gasteiger partial charge in [-0.25, -0.2) is 0 Å². The summed E-state index contributed by atoms with van der Waals surface area (Å²) in [4.78, 5) is 0.317. The highest BCUT2D eigenvalue weighted by atomic mass is 32.2. The molecule has 1 fully saturated rings. The number of hydrogen-bond donors (Lipinski definition) is 1. The first-order valence-corrected chi connectivity index (χ1v) is 7.34. The van der Waals surface area contributed by atoms with Crippen LogP contribution in [0.2, 0.25) is 0 Å². The number of alkyl halides is 3. The lowest BCUT2D eigenvalue weighted by Gasteiger charge is -2.15. The van der Waals surface area contributed by atoms with Gasteiger partial charge in [-0.15, -0.1) is 11.8 Å². The van der Waals surface area contributed by atoms with Crippen LogP contribution >= 0.6 is 11.8 Å². The van der Waals surface area contributed by atoms with Gasteiger partial charge in [-0.05, 0) is 30.5 Å². The Bertz CT molecular complexity index is 439. The first-order valence-electron chi connectivity index (χ1n) is 6.46. The summed E-state index contributed by atoms with van der Waals surface area (Å²) in [5.74, 6) is 0. The highest BCUT2D eigenvalue weighted by molar-refractivity contribution is 8.00. The van der Waals surface area contributed by atoms with Gasteiger partial charge in [0.05, 0.1) is 5.56 Å². The number of thioether (sulfide) groups is 1. The van der Waals surface area contributed by atoms with Crippen molar-refractivity contribution in [3.8, 4) is 0 Å². The second-order valence-electron chi connectivity index (χ2n) is 5.15. The molecule has 106 valence electrons. The minimum absolute atomic E-state index is 0.136. The number of rotatable bonds is 5. The Balaban J connectivity index is 2.18. The van der Waals surface area contributed by atoms with Gasteiger partial charge in [0.25, 0.3) is 0 Å². The predicted octanol–water partition coefficient (Wildman–Crippen LogP) is 4.46. The van der Waals surface area contributed by atoms with Crippen molar-refractivity contribution in [3.05, 3.63) is 29.3 Å². The minimum atomic E-state index is -4.28. The SMILES string of the molecule is CC(C)Sc1ccc(CNC2CC2)cc1C(F)(F)F. The molecule has 1 saturated carbocycles. The molecular weight excluding hydrogens is 271 g/mol. The number of halogens is 3. The molecule has 1 N–H and O–H groups in total. The molecule has 1 aliphatic carbocycles. The van der Waals surface area contributed by atoms with Gasteiger partial charge in [0.2, 0.25) is 0 Å². The van der Waals surface area contributed by atoms with Gasteiger partial charge >= 0.3 is 6.18 Å². The molecule has 0 bridgehead atoms. The molecule has 1 nitrogen and oxygen atoms in total. The quantitative estimate of drug-likeness (QED) is 0.803. The van der Waals surface area contributed by atoms with Crippen LogP contribution in [0.25, 0.3) is 0 Å². The van der Waals surface area contributed by atoms with Crippen LogP contribution in [0.3, 0.4) is 0 Å². The minimum Gasteiger partial charge on any atom is -0.310 e. The molecule has 0 aromatic heterocycles. The zero-order valence-electron chi connectivity index (χ0n) is 11.1. The molecule has 0 amide bonds. The Hall–Kier alpha value is -0.680. The Morgan fingerprint density at radius 3 is 2.53 bits per heavy atom. The standard InChI is InChI=1S/C14H18F3NS/c1-9(2)19-13-6-3-10(8-18-11-4-5-11)7-12(13)14(15,16)17/h3,6-7,9,11,18H,4-5,8H2,1-2H3. The maximum absolute atomic E-state index is 13.1. The van der Waals surface area contributed by atoms with Crippen LogP contribution in [0.5, 0.6) is 0 Å². The van der Waals surface area contributed by atoms with Crippen molar-refractivity contribution < 1.29 is 13.2 Å². The van der Waals surface area contributed by atoms with Gasteiger partial charge in [0.15, 0.2) is 0 Å². The van der Waals surface area contributed by atoms with Crippen molar-refractivity contribution in [2.24, 2.45) is 0 Å². The zero-order chi connectivity index (χ0) is 14.0. The third-order valence-corrected chi connectivity index (χ3v) is 3.97. The predicted molar refractivity (Wildman–Crippen MR) is 72.3 cm³/mol. The van der Waals surface area contributed by atoms with Crippen molar-refractivity contribution in [1.82, 2.24) is 5.32 Å². The van der Waals surface area contributed by atoms with E-state index in [2.05, 4.69) is 5.32 Å². The molecule has 1 aromatic carbocycles. The van der Waals surface area contributed by atoms with Crippen LogP contribution in [0.1, 0.15) is 37.8 Å². The van der Waals surface area contributed by atoms with Crippen LogP contribution < -0.4 is 5.32 Å². The topological polar surface area (TPSA) is 12.0 Å². The molecule has 0 saturated heterocycles. The van der Waals surface area contributed by atoms with Gasteiger partial charge in [0.1, 0.15) is 0 Å². The van der Waals surface area contributed by atoms with Gasteiger partial charge < -0.3 is 5.32 Å². The van der Waals surface area contributed by atoms with E-state index in [9.17, 15) is 13.2 Å². The van der Waals surface area contributed by atoms with Crippen molar-refractivity contribution in [3.63, 3.8) is 0 Å². The summed E-state index contributed by atoms with van der Waals surface area (Å²) in [5.41, 5.74) is 0.189. The molecule has 0 unspecified atom stereocenters. The van der Waals surface area contributed by atoms with E-state index in [1.54, 1.807) is 12.1 Å². The maximum Gasteiger partial charge on any atom is 0.417 e. The van der Waals surface area contributed by atoms with E-state index < -0.39 is 11.7 Å². The van der Waals surface area contributed by atoms with Gasteiger partial charge in [-0.2, -0.15) is 13.2 Å². The molecule has 19 heavy (non-hydrogen) atoms. The molecule has 0 radical (unpaired) electrons. The van der Waals surface area contributed by atoms with E-state index in [-0.39, 0.29) is 5.25 Å². The molecule has 0 aliphatic heterocycles. The molecule has 1 aromatic rings. The molecular formula is C14H18F3NS. The molecule has 0 heterocycles. The molecule has 0 spiro atoms. The smallest absolute Gasteiger partial charge is 0.310 e. The Morgan fingerprint density at radius 1 is 1.32 bits per heavy atom.